The van der Waals surface area contributed by atoms with Gasteiger partial charge in [-0.3, -0.25) is 0 Å². The third-order valence-electron chi connectivity index (χ3n) is 3.30. The van der Waals surface area contributed by atoms with Crippen LogP contribution < -0.4 is 4.90 Å². The maximum absolute atomic E-state index is 9.09. The maximum Gasteiger partial charge on any atom is 0.187 e. The Hall–Kier alpha value is -2.64. The van der Waals surface area contributed by atoms with Crippen molar-refractivity contribution in [1.29, 1.82) is 5.26 Å². The summed E-state index contributed by atoms with van der Waals surface area (Å²) < 4.78 is 0. The van der Waals surface area contributed by atoms with Gasteiger partial charge in [0.15, 0.2) is 5.13 Å². The van der Waals surface area contributed by atoms with Gasteiger partial charge in [0.25, 0.3) is 0 Å². The first kappa shape index (κ1) is 14.3. The van der Waals surface area contributed by atoms with E-state index in [1.165, 1.54) is 5.56 Å². The standard InChI is InChI=1S/C18H15N3S/c19-11-12-21(14-15-7-3-1-4-8-15)18-20-13-17(22-18)16-9-5-2-6-10-16/h1-10,13H,12,14H2. The van der Waals surface area contributed by atoms with Crippen LogP contribution in [0.3, 0.4) is 0 Å². The van der Waals surface area contributed by atoms with E-state index in [0.717, 1.165) is 15.6 Å². The lowest BCUT2D eigenvalue weighted by molar-refractivity contribution is 0.866. The average molecular weight is 305 g/mol. The van der Waals surface area contributed by atoms with Crippen molar-refractivity contribution in [3.63, 3.8) is 0 Å². The van der Waals surface area contributed by atoms with Crippen molar-refractivity contribution in [2.45, 2.75) is 6.54 Å². The predicted molar refractivity (Wildman–Crippen MR) is 90.7 cm³/mol. The molecule has 0 fully saturated rings. The molecule has 0 radical (unpaired) electrons. The Labute approximate surface area is 134 Å². The predicted octanol–water partition coefficient (Wildman–Crippen LogP) is 4.34. The lowest BCUT2D eigenvalue weighted by Gasteiger charge is -2.18. The Balaban J connectivity index is 1.84. The topological polar surface area (TPSA) is 39.9 Å². The second kappa shape index (κ2) is 6.88. The third-order valence-corrected chi connectivity index (χ3v) is 4.41. The van der Waals surface area contributed by atoms with Gasteiger partial charge < -0.3 is 4.90 Å². The minimum Gasteiger partial charge on any atom is -0.330 e. The molecule has 0 aliphatic heterocycles. The highest BCUT2D eigenvalue weighted by Crippen LogP contribution is 2.31. The summed E-state index contributed by atoms with van der Waals surface area (Å²) >= 11 is 1.62. The highest BCUT2D eigenvalue weighted by atomic mass is 32.1. The average Bonchev–Trinajstić information content (AvgIpc) is 3.06. The number of anilines is 1. The quantitative estimate of drug-likeness (QED) is 0.658. The van der Waals surface area contributed by atoms with E-state index < -0.39 is 0 Å². The SMILES string of the molecule is N#CCN(Cc1ccccc1)c1ncc(-c2ccccc2)s1. The highest BCUT2D eigenvalue weighted by molar-refractivity contribution is 7.18. The second-order valence-electron chi connectivity index (χ2n) is 4.87. The van der Waals surface area contributed by atoms with Gasteiger partial charge in [-0.25, -0.2) is 4.98 Å². The van der Waals surface area contributed by atoms with Crippen LogP contribution in [-0.4, -0.2) is 11.5 Å². The molecule has 0 atom stereocenters. The second-order valence-corrected chi connectivity index (χ2v) is 5.88. The van der Waals surface area contributed by atoms with Crippen LogP contribution in [0.25, 0.3) is 10.4 Å². The monoisotopic (exact) mass is 305 g/mol. The minimum absolute atomic E-state index is 0.330. The van der Waals surface area contributed by atoms with Crippen LogP contribution in [0.2, 0.25) is 0 Å². The summed E-state index contributed by atoms with van der Waals surface area (Å²) in [5, 5.41) is 9.96. The first-order valence-electron chi connectivity index (χ1n) is 7.04. The molecule has 108 valence electrons. The molecule has 0 saturated heterocycles. The zero-order valence-corrected chi connectivity index (χ0v) is 12.8. The molecule has 2 aromatic carbocycles. The van der Waals surface area contributed by atoms with Crippen molar-refractivity contribution >= 4 is 16.5 Å². The summed E-state index contributed by atoms with van der Waals surface area (Å²) in [7, 11) is 0. The van der Waals surface area contributed by atoms with Crippen LogP contribution >= 0.6 is 11.3 Å². The molecular weight excluding hydrogens is 290 g/mol. The number of nitriles is 1. The largest absolute Gasteiger partial charge is 0.330 e. The molecule has 0 bridgehead atoms. The van der Waals surface area contributed by atoms with E-state index in [9.17, 15) is 0 Å². The van der Waals surface area contributed by atoms with E-state index in [1.807, 2.05) is 47.5 Å². The molecule has 0 N–H and O–H groups in total. The number of aromatic nitrogens is 1. The molecule has 0 aliphatic rings. The zero-order chi connectivity index (χ0) is 15.2. The first-order chi connectivity index (χ1) is 10.9. The Morgan fingerprint density at radius 3 is 2.36 bits per heavy atom. The van der Waals surface area contributed by atoms with Gasteiger partial charge in [-0.05, 0) is 11.1 Å². The summed E-state index contributed by atoms with van der Waals surface area (Å²) in [5.74, 6) is 0. The van der Waals surface area contributed by atoms with Gasteiger partial charge in [0.2, 0.25) is 0 Å². The van der Waals surface area contributed by atoms with Gasteiger partial charge in [0.1, 0.15) is 6.54 Å². The highest BCUT2D eigenvalue weighted by Gasteiger charge is 2.12. The number of hydrogen-bond donors (Lipinski definition) is 0. The van der Waals surface area contributed by atoms with Crippen LogP contribution in [0.1, 0.15) is 5.56 Å². The molecule has 0 unspecified atom stereocenters. The van der Waals surface area contributed by atoms with Crippen molar-refractivity contribution in [3.8, 4) is 16.5 Å². The van der Waals surface area contributed by atoms with Crippen molar-refractivity contribution in [2.24, 2.45) is 0 Å². The lowest BCUT2D eigenvalue weighted by atomic mass is 10.2. The van der Waals surface area contributed by atoms with Crippen LogP contribution in [0.5, 0.6) is 0 Å². The summed E-state index contributed by atoms with van der Waals surface area (Å²) in [4.78, 5) is 7.62. The molecule has 1 aromatic heterocycles. The zero-order valence-electron chi connectivity index (χ0n) is 12.0. The molecule has 3 aromatic rings. The Kier molecular flexibility index (Phi) is 4.47. The van der Waals surface area contributed by atoms with Crippen molar-refractivity contribution in [1.82, 2.24) is 4.98 Å². The molecule has 1 heterocycles. The number of nitrogens with zero attached hydrogens (tertiary/aromatic N) is 3. The summed E-state index contributed by atoms with van der Waals surface area (Å²) in [6.07, 6.45) is 1.88. The summed E-state index contributed by atoms with van der Waals surface area (Å²) in [5.41, 5.74) is 2.33. The van der Waals surface area contributed by atoms with Crippen LogP contribution in [-0.2, 0) is 6.54 Å². The Bertz CT molecular complexity index is 760. The fourth-order valence-corrected chi connectivity index (χ4v) is 3.15. The number of hydrogen-bond acceptors (Lipinski definition) is 4. The molecular formula is C18H15N3S. The van der Waals surface area contributed by atoms with E-state index in [4.69, 9.17) is 5.26 Å². The van der Waals surface area contributed by atoms with E-state index in [2.05, 4.69) is 35.3 Å². The van der Waals surface area contributed by atoms with E-state index >= 15 is 0 Å². The molecule has 0 amide bonds. The number of thiazole rings is 1. The smallest absolute Gasteiger partial charge is 0.187 e. The van der Waals surface area contributed by atoms with Gasteiger partial charge in [0.05, 0.1) is 10.9 Å². The molecule has 0 saturated carbocycles. The van der Waals surface area contributed by atoms with Gasteiger partial charge >= 0.3 is 0 Å². The van der Waals surface area contributed by atoms with Crippen LogP contribution in [0.15, 0.2) is 66.9 Å². The fraction of sp³-hybridized carbons (Fsp3) is 0.111. The van der Waals surface area contributed by atoms with Gasteiger partial charge in [0, 0.05) is 12.7 Å². The summed E-state index contributed by atoms with van der Waals surface area (Å²) in [6.45, 7) is 1.02. The Morgan fingerprint density at radius 1 is 1.00 bits per heavy atom. The maximum atomic E-state index is 9.09. The molecule has 0 aliphatic carbocycles. The van der Waals surface area contributed by atoms with E-state index in [0.29, 0.717) is 13.1 Å². The van der Waals surface area contributed by atoms with Crippen LogP contribution in [0, 0.1) is 11.3 Å². The number of rotatable bonds is 5. The molecule has 3 rings (SSSR count). The van der Waals surface area contributed by atoms with Gasteiger partial charge in [-0.1, -0.05) is 72.0 Å². The van der Waals surface area contributed by atoms with Gasteiger partial charge in [-0.15, -0.1) is 0 Å². The minimum atomic E-state index is 0.330. The fourth-order valence-electron chi connectivity index (χ4n) is 2.23. The first-order valence-corrected chi connectivity index (χ1v) is 7.85. The molecule has 0 spiro atoms. The normalized spacial score (nSPS) is 10.1. The van der Waals surface area contributed by atoms with Crippen molar-refractivity contribution in [2.75, 3.05) is 11.4 Å². The molecule has 3 nitrogen and oxygen atoms in total. The van der Waals surface area contributed by atoms with Crippen LogP contribution in [0.4, 0.5) is 5.13 Å². The van der Waals surface area contributed by atoms with E-state index in [-0.39, 0.29) is 0 Å². The summed E-state index contributed by atoms with van der Waals surface area (Å²) in [6, 6.07) is 22.6. The molecule has 22 heavy (non-hydrogen) atoms. The Morgan fingerprint density at radius 2 is 1.68 bits per heavy atom. The lowest BCUT2D eigenvalue weighted by Crippen LogP contribution is -2.22. The third kappa shape index (κ3) is 3.33. The van der Waals surface area contributed by atoms with Crippen molar-refractivity contribution < 1.29 is 0 Å². The van der Waals surface area contributed by atoms with E-state index in [1.54, 1.807) is 11.3 Å². The van der Waals surface area contributed by atoms with Gasteiger partial charge in [-0.2, -0.15) is 5.26 Å². The number of benzene rings is 2. The van der Waals surface area contributed by atoms with Crippen molar-refractivity contribution in [3.05, 3.63) is 72.4 Å². The molecule has 4 heteroatoms.